The van der Waals surface area contributed by atoms with E-state index < -0.39 is 6.10 Å². The average Bonchev–Trinajstić information content (AvgIpc) is 2.38. The Morgan fingerprint density at radius 1 is 1.71 bits per heavy atom. The number of carbonyl (C=O) groups is 1. The van der Waals surface area contributed by atoms with Crippen molar-refractivity contribution in [2.75, 3.05) is 37.4 Å². The van der Waals surface area contributed by atoms with Gasteiger partial charge in [-0.05, 0) is 12.1 Å². The van der Waals surface area contributed by atoms with E-state index in [2.05, 4.69) is 9.72 Å². The first kappa shape index (κ1) is 11.7. The molecule has 1 fully saturated rings. The molecule has 0 aliphatic carbocycles. The van der Waals surface area contributed by atoms with Gasteiger partial charge >= 0.3 is 5.97 Å². The van der Waals surface area contributed by atoms with Crippen molar-refractivity contribution < 1.29 is 14.3 Å². The first-order valence-corrected chi connectivity index (χ1v) is 5.37. The second-order valence-electron chi connectivity index (χ2n) is 3.74. The van der Waals surface area contributed by atoms with Crippen LogP contribution in [0.5, 0.6) is 0 Å². The van der Waals surface area contributed by atoms with Crippen molar-refractivity contribution in [2.45, 2.75) is 6.10 Å². The third-order valence-corrected chi connectivity index (χ3v) is 2.65. The molecular weight excluding hydrogens is 222 g/mol. The number of ether oxygens (including phenoxy) is 2. The van der Waals surface area contributed by atoms with E-state index in [0.29, 0.717) is 31.2 Å². The summed E-state index contributed by atoms with van der Waals surface area (Å²) in [6, 6.07) is 3.56. The van der Waals surface area contributed by atoms with Crippen LogP contribution in [0.1, 0.15) is 0 Å². The molecule has 2 heterocycles. The molecule has 92 valence electrons. The molecule has 17 heavy (non-hydrogen) atoms. The standard InChI is InChI=1S/C11H15N3O3/c1-16-11(15)9-7-14(5-6-17-9)10-8(12)3-2-4-13-10/h2-4,9H,5-7,12H2,1H3. The molecule has 6 heteroatoms. The van der Waals surface area contributed by atoms with Gasteiger partial charge in [0.15, 0.2) is 11.9 Å². The van der Waals surface area contributed by atoms with Crippen molar-refractivity contribution in [1.29, 1.82) is 0 Å². The van der Waals surface area contributed by atoms with E-state index in [1.54, 1.807) is 18.3 Å². The number of rotatable bonds is 2. The number of hydrogen-bond donors (Lipinski definition) is 1. The van der Waals surface area contributed by atoms with Crippen LogP contribution >= 0.6 is 0 Å². The van der Waals surface area contributed by atoms with Crippen LogP contribution in [-0.4, -0.2) is 43.9 Å². The summed E-state index contributed by atoms with van der Waals surface area (Å²) in [5.41, 5.74) is 6.44. The molecule has 0 radical (unpaired) electrons. The first-order chi connectivity index (χ1) is 8.22. The molecule has 0 bridgehead atoms. The van der Waals surface area contributed by atoms with Crippen LogP contribution in [0.2, 0.25) is 0 Å². The topological polar surface area (TPSA) is 77.7 Å². The summed E-state index contributed by atoms with van der Waals surface area (Å²) in [6.07, 6.45) is 1.10. The van der Waals surface area contributed by atoms with Gasteiger partial charge < -0.3 is 20.1 Å². The van der Waals surface area contributed by atoms with E-state index in [4.69, 9.17) is 10.5 Å². The zero-order valence-corrected chi connectivity index (χ0v) is 9.63. The minimum absolute atomic E-state index is 0.371. The van der Waals surface area contributed by atoms with E-state index in [-0.39, 0.29) is 5.97 Å². The Bertz CT molecular complexity index is 411. The fraction of sp³-hybridized carbons (Fsp3) is 0.455. The molecule has 0 amide bonds. The van der Waals surface area contributed by atoms with E-state index >= 15 is 0 Å². The summed E-state index contributed by atoms with van der Waals surface area (Å²) in [6.45, 7) is 1.53. The van der Waals surface area contributed by atoms with Gasteiger partial charge in [-0.25, -0.2) is 9.78 Å². The number of methoxy groups -OCH3 is 1. The van der Waals surface area contributed by atoms with Gasteiger partial charge in [0.05, 0.1) is 25.9 Å². The van der Waals surface area contributed by atoms with Gasteiger partial charge in [-0.2, -0.15) is 0 Å². The van der Waals surface area contributed by atoms with Crippen LogP contribution in [0.25, 0.3) is 0 Å². The van der Waals surface area contributed by atoms with Crippen LogP contribution in [0.3, 0.4) is 0 Å². The molecule has 0 aromatic carbocycles. The Labute approximate surface area is 99.3 Å². The second kappa shape index (κ2) is 5.01. The molecule has 1 saturated heterocycles. The zero-order valence-electron chi connectivity index (χ0n) is 9.63. The minimum atomic E-state index is -0.574. The number of aromatic nitrogens is 1. The Morgan fingerprint density at radius 2 is 2.53 bits per heavy atom. The summed E-state index contributed by atoms with van der Waals surface area (Å²) in [7, 11) is 1.35. The fourth-order valence-corrected chi connectivity index (χ4v) is 1.79. The van der Waals surface area contributed by atoms with Crippen LogP contribution < -0.4 is 10.6 Å². The molecular formula is C11H15N3O3. The van der Waals surface area contributed by atoms with E-state index in [1.807, 2.05) is 4.90 Å². The monoisotopic (exact) mass is 237 g/mol. The zero-order chi connectivity index (χ0) is 12.3. The van der Waals surface area contributed by atoms with E-state index in [9.17, 15) is 4.79 Å². The third kappa shape index (κ3) is 2.47. The number of nitrogens with zero attached hydrogens (tertiary/aromatic N) is 2. The van der Waals surface area contributed by atoms with Gasteiger partial charge in [-0.1, -0.05) is 0 Å². The van der Waals surface area contributed by atoms with E-state index in [0.717, 1.165) is 0 Å². The lowest BCUT2D eigenvalue weighted by molar-refractivity contribution is -0.154. The van der Waals surface area contributed by atoms with Crippen molar-refractivity contribution in [1.82, 2.24) is 4.98 Å². The van der Waals surface area contributed by atoms with E-state index in [1.165, 1.54) is 7.11 Å². The van der Waals surface area contributed by atoms with Crippen molar-refractivity contribution in [3.8, 4) is 0 Å². The Morgan fingerprint density at radius 3 is 3.24 bits per heavy atom. The lowest BCUT2D eigenvalue weighted by Crippen LogP contribution is -2.47. The molecule has 0 spiro atoms. The summed E-state index contributed by atoms with van der Waals surface area (Å²) in [5, 5.41) is 0. The highest BCUT2D eigenvalue weighted by atomic mass is 16.6. The maximum Gasteiger partial charge on any atom is 0.336 e. The van der Waals surface area contributed by atoms with Gasteiger partial charge in [0, 0.05) is 12.7 Å². The molecule has 0 saturated carbocycles. The molecule has 1 aromatic rings. The maximum atomic E-state index is 11.4. The number of pyridine rings is 1. The molecule has 2 rings (SSSR count). The van der Waals surface area contributed by atoms with Gasteiger partial charge in [0.1, 0.15) is 0 Å². The largest absolute Gasteiger partial charge is 0.467 e. The van der Waals surface area contributed by atoms with Gasteiger partial charge in [-0.3, -0.25) is 0 Å². The molecule has 1 aliphatic heterocycles. The second-order valence-corrected chi connectivity index (χ2v) is 3.74. The number of hydrogen-bond acceptors (Lipinski definition) is 6. The summed E-state index contributed by atoms with van der Waals surface area (Å²) in [5.74, 6) is 0.314. The van der Waals surface area contributed by atoms with Crippen molar-refractivity contribution in [3.63, 3.8) is 0 Å². The number of anilines is 2. The number of nitrogens with two attached hydrogens (primary N) is 1. The van der Waals surface area contributed by atoms with Crippen LogP contribution in [0.15, 0.2) is 18.3 Å². The minimum Gasteiger partial charge on any atom is -0.467 e. The maximum absolute atomic E-state index is 11.4. The van der Waals surface area contributed by atoms with Crippen LogP contribution in [-0.2, 0) is 14.3 Å². The molecule has 6 nitrogen and oxygen atoms in total. The normalized spacial score (nSPS) is 20.1. The third-order valence-electron chi connectivity index (χ3n) is 2.65. The quantitative estimate of drug-likeness (QED) is 0.732. The van der Waals surface area contributed by atoms with Crippen molar-refractivity contribution >= 4 is 17.5 Å². The molecule has 1 aromatic heterocycles. The van der Waals surface area contributed by atoms with Crippen molar-refractivity contribution in [2.24, 2.45) is 0 Å². The lowest BCUT2D eigenvalue weighted by Gasteiger charge is -2.32. The Hall–Kier alpha value is -1.82. The predicted octanol–water partition coefficient (Wildman–Crippen LogP) is 0.0420. The highest BCUT2D eigenvalue weighted by Crippen LogP contribution is 2.21. The van der Waals surface area contributed by atoms with Crippen LogP contribution in [0.4, 0.5) is 11.5 Å². The van der Waals surface area contributed by atoms with Gasteiger partial charge in [-0.15, -0.1) is 0 Å². The number of carbonyl (C=O) groups excluding carboxylic acids is 1. The Balaban J connectivity index is 2.12. The first-order valence-electron chi connectivity index (χ1n) is 5.37. The average molecular weight is 237 g/mol. The smallest absolute Gasteiger partial charge is 0.336 e. The fourth-order valence-electron chi connectivity index (χ4n) is 1.79. The SMILES string of the molecule is COC(=O)C1CN(c2ncccc2N)CCO1. The Kier molecular flexibility index (Phi) is 3.43. The van der Waals surface area contributed by atoms with Gasteiger partial charge in [0.2, 0.25) is 0 Å². The van der Waals surface area contributed by atoms with Crippen molar-refractivity contribution in [3.05, 3.63) is 18.3 Å². The number of morpholine rings is 1. The molecule has 1 aliphatic rings. The summed E-state index contributed by atoms with van der Waals surface area (Å²) in [4.78, 5) is 17.5. The molecule has 1 unspecified atom stereocenters. The lowest BCUT2D eigenvalue weighted by atomic mass is 10.2. The predicted molar refractivity (Wildman–Crippen MR) is 62.6 cm³/mol. The van der Waals surface area contributed by atoms with Gasteiger partial charge in [0.25, 0.3) is 0 Å². The number of nitrogen functional groups attached to an aromatic ring is 1. The summed E-state index contributed by atoms with van der Waals surface area (Å²) >= 11 is 0. The summed E-state index contributed by atoms with van der Waals surface area (Å²) < 4.78 is 10.00. The van der Waals surface area contributed by atoms with Crippen LogP contribution in [0, 0.1) is 0 Å². The molecule has 2 N–H and O–H groups in total. The number of esters is 1. The molecule has 1 atom stereocenters. The highest BCUT2D eigenvalue weighted by Gasteiger charge is 2.28. The highest BCUT2D eigenvalue weighted by molar-refractivity contribution is 5.76.